The summed E-state index contributed by atoms with van der Waals surface area (Å²) in [4.78, 5) is 0. The zero-order valence-corrected chi connectivity index (χ0v) is 10.5. The lowest BCUT2D eigenvalue weighted by Crippen LogP contribution is -2.26. The Kier molecular flexibility index (Phi) is 4.73. The minimum absolute atomic E-state index is 0.120. The van der Waals surface area contributed by atoms with Gasteiger partial charge < -0.3 is 5.11 Å². The molecule has 1 heterocycles. The summed E-state index contributed by atoms with van der Waals surface area (Å²) in [5.41, 5.74) is 1.34. The van der Waals surface area contributed by atoms with Crippen molar-refractivity contribution in [1.29, 1.82) is 0 Å². The molecule has 0 amide bonds. The van der Waals surface area contributed by atoms with Gasteiger partial charge in [-0.05, 0) is 37.0 Å². The third-order valence-corrected chi connectivity index (χ3v) is 4.72. The summed E-state index contributed by atoms with van der Waals surface area (Å²) in [7, 11) is 0. The third kappa shape index (κ3) is 3.53. The molecular weight excluding hydrogens is 216 g/mol. The molecule has 1 N–H and O–H groups in total. The number of aliphatic hydroxyl groups excluding tert-OH is 1. The molecule has 2 heteroatoms. The molecule has 0 saturated carbocycles. The summed E-state index contributed by atoms with van der Waals surface area (Å²) >= 11 is 1.96. The molecule has 2 unspecified atom stereocenters. The van der Waals surface area contributed by atoms with E-state index < -0.39 is 0 Å². The Labute approximate surface area is 102 Å². The first-order valence-corrected chi connectivity index (χ1v) is 7.25. The zero-order chi connectivity index (χ0) is 11.2. The maximum Gasteiger partial charge on any atom is 0.0661 e. The van der Waals surface area contributed by atoms with Crippen molar-refractivity contribution in [2.45, 2.75) is 43.5 Å². The number of hydrogen-bond acceptors (Lipinski definition) is 2. The van der Waals surface area contributed by atoms with E-state index in [0.717, 1.165) is 12.8 Å². The molecule has 0 bridgehead atoms. The number of benzene rings is 1. The van der Waals surface area contributed by atoms with Crippen LogP contribution in [0.5, 0.6) is 0 Å². The van der Waals surface area contributed by atoms with Crippen LogP contribution in [0.15, 0.2) is 30.3 Å². The van der Waals surface area contributed by atoms with Gasteiger partial charge >= 0.3 is 0 Å². The second-order valence-electron chi connectivity index (χ2n) is 4.50. The Morgan fingerprint density at radius 3 is 2.75 bits per heavy atom. The largest absolute Gasteiger partial charge is 0.392 e. The maximum atomic E-state index is 10.1. The molecule has 1 aliphatic rings. The van der Waals surface area contributed by atoms with E-state index in [4.69, 9.17) is 0 Å². The van der Waals surface area contributed by atoms with Crippen LogP contribution in [0.2, 0.25) is 0 Å². The van der Waals surface area contributed by atoms with Crippen molar-refractivity contribution in [3.63, 3.8) is 0 Å². The van der Waals surface area contributed by atoms with E-state index in [1.165, 1.54) is 30.6 Å². The summed E-state index contributed by atoms with van der Waals surface area (Å²) in [6, 6.07) is 10.5. The predicted octanol–water partition coefficient (Wildman–Crippen LogP) is 3.27. The van der Waals surface area contributed by atoms with Gasteiger partial charge in [-0.15, -0.1) is 0 Å². The molecule has 1 saturated heterocycles. The lowest BCUT2D eigenvalue weighted by molar-refractivity contribution is 0.156. The van der Waals surface area contributed by atoms with Crippen LogP contribution in [0.4, 0.5) is 0 Å². The van der Waals surface area contributed by atoms with Crippen molar-refractivity contribution in [1.82, 2.24) is 0 Å². The van der Waals surface area contributed by atoms with Crippen molar-refractivity contribution >= 4 is 11.8 Å². The molecule has 1 aromatic rings. The van der Waals surface area contributed by atoms with Crippen molar-refractivity contribution in [2.24, 2.45) is 0 Å². The van der Waals surface area contributed by atoms with E-state index >= 15 is 0 Å². The van der Waals surface area contributed by atoms with Gasteiger partial charge in [0.05, 0.1) is 6.10 Å². The van der Waals surface area contributed by atoms with E-state index in [1.807, 2.05) is 17.8 Å². The highest BCUT2D eigenvalue weighted by atomic mass is 32.2. The molecule has 0 aromatic heterocycles. The predicted molar refractivity (Wildman–Crippen MR) is 70.9 cm³/mol. The number of rotatable bonds is 4. The first-order chi connectivity index (χ1) is 7.86. The molecule has 1 aromatic carbocycles. The van der Waals surface area contributed by atoms with Crippen molar-refractivity contribution in [2.75, 3.05) is 5.75 Å². The van der Waals surface area contributed by atoms with Crippen LogP contribution in [0.1, 0.15) is 31.2 Å². The lowest BCUT2D eigenvalue weighted by Gasteiger charge is -2.26. The van der Waals surface area contributed by atoms with Gasteiger partial charge in [0.25, 0.3) is 0 Å². The summed E-state index contributed by atoms with van der Waals surface area (Å²) in [6.45, 7) is 0. The Hall–Kier alpha value is -0.470. The zero-order valence-electron chi connectivity index (χ0n) is 9.64. The minimum atomic E-state index is -0.120. The Morgan fingerprint density at radius 1 is 1.25 bits per heavy atom. The van der Waals surface area contributed by atoms with E-state index in [0.29, 0.717) is 5.25 Å². The fraction of sp³-hybridized carbons (Fsp3) is 0.571. The van der Waals surface area contributed by atoms with E-state index in [2.05, 4.69) is 24.3 Å². The van der Waals surface area contributed by atoms with Gasteiger partial charge in [0.15, 0.2) is 0 Å². The fourth-order valence-electron chi connectivity index (χ4n) is 2.21. The van der Waals surface area contributed by atoms with Crippen LogP contribution in [-0.4, -0.2) is 22.2 Å². The van der Waals surface area contributed by atoms with Gasteiger partial charge in [-0.3, -0.25) is 0 Å². The van der Waals surface area contributed by atoms with Crippen LogP contribution in [0.3, 0.4) is 0 Å². The van der Waals surface area contributed by atoms with Crippen LogP contribution in [0, 0.1) is 0 Å². The average Bonchev–Trinajstić information content (AvgIpc) is 2.38. The van der Waals surface area contributed by atoms with Crippen molar-refractivity contribution < 1.29 is 5.11 Å². The monoisotopic (exact) mass is 236 g/mol. The number of thioether (sulfide) groups is 1. The molecule has 0 spiro atoms. The third-order valence-electron chi connectivity index (χ3n) is 3.22. The minimum Gasteiger partial charge on any atom is -0.392 e. The number of aryl methyl sites for hydroxylation is 1. The van der Waals surface area contributed by atoms with Gasteiger partial charge in [-0.1, -0.05) is 36.8 Å². The van der Waals surface area contributed by atoms with E-state index in [9.17, 15) is 5.11 Å². The van der Waals surface area contributed by atoms with E-state index in [1.54, 1.807) is 0 Å². The van der Waals surface area contributed by atoms with Gasteiger partial charge in [0.1, 0.15) is 0 Å². The van der Waals surface area contributed by atoms with Crippen molar-refractivity contribution in [3.8, 4) is 0 Å². The Balaban J connectivity index is 1.76. The summed E-state index contributed by atoms with van der Waals surface area (Å²) in [5, 5.41) is 10.6. The smallest absolute Gasteiger partial charge is 0.0661 e. The highest BCUT2D eigenvalue weighted by Crippen LogP contribution is 2.29. The summed E-state index contributed by atoms with van der Waals surface area (Å²) in [6.07, 6.45) is 5.60. The molecule has 0 aliphatic carbocycles. The van der Waals surface area contributed by atoms with Gasteiger partial charge in [0.2, 0.25) is 0 Å². The number of hydrogen-bond donors (Lipinski definition) is 1. The fourth-order valence-corrected chi connectivity index (χ4v) is 3.58. The molecule has 1 aliphatic heterocycles. The van der Waals surface area contributed by atoms with Gasteiger partial charge in [0, 0.05) is 5.25 Å². The van der Waals surface area contributed by atoms with Gasteiger partial charge in [-0.2, -0.15) is 11.8 Å². The first-order valence-electron chi connectivity index (χ1n) is 6.20. The maximum absolute atomic E-state index is 10.1. The normalized spacial score (nSPS) is 22.9. The number of aliphatic hydroxyl groups is 1. The molecule has 1 fully saturated rings. The van der Waals surface area contributed by atoms with Crippen molar-refractivity contribution in [3.05, 3.63) is 35.9 Å². The average molecular weight is 236 g/mol. The molecule has 2 rings (SSSR count). The molecule has 88 valence electrons. The SMILES string of the molecule is OC(CCc1ccccc1)C1CCCCS1. The highest BCUT2D eigenvalue weighted by molar-refractivity contribution is 8.00. The van der Waals surface area contributed by atoms with Gasteiger partial charge in [-0.25, -0.2) is 0 Å². The Bertz CT molecular complexity index is 293. The van der Waals surface area contributed by atoms with E-state index in [-0.39, 0.29) is 6.10 Å². The first kappa shape index (κ1) is 12.0. The Morgan fingerprint density at radius 2 is 2.06 bits per heavy atom. The second kappa shape index (κ2) is 6.31. The van der Waals surface area contributed by atoms with Crippen LogP contribution >= 0.6 is 11.8 Å². The van der Waals surface area contributed by atoms with Crippen LogP contribution < -0.4 is 0 Å². The highest BCUT2D eigenvalue weighted by Gasteiger charge is 2.21. The summed E-state index contributed by atoms with van der Waals surface area (Å²) in [5.74, 6) is 1.23. The second-order valence-corrected chi connectivity index (χ2v) is 5.84. The topological polar surface area (TPSA) is 20.2 Å². The quantitative estimate of drug-likeness (QED) is 0.866. The molecule has 1 nitrogen and oxygen atoms in total. The molecule has 0 radical (unpaired) electrons. The van der Waals surface area contributed by atoms with Crippen LogP contribution in [-0.2, 0) is 6.42 Å². The standard InChI is InChI=1S/C14H20OS/c15-13(14-8-4-5-11-16-14)10-9-12-6-2-1-3-7-12/h1-3,6-7,13-15H,4-5,8-11H2. The molecule has 16 heavy (non-hydrogen) atoms. The molecule has 2 atom stereocenters. The lowest BCUT2D eigenvalue weighted by atomic mass is 10.0. The summed E-state index contributed by atoms with van der Waals surface area (Å²) < 4.78 is 0. The molecular formula is C14H20OS. The van der Waals surface area contributed by atoms with Crippen LogP contribution in [0.25, 0.3) is 0 Å².